The van der Waals surface area contributed by atoms with Crippen molar-refractivity contribution in [2.45, 2.75) is 0 Å². The lowest BCUT2D eigenvalue weighted by Crippen LogP contribution is -2.11. The first-order valence-electron chi connectivity index (χ1n) is 20.6. The van der Waals surface area contributed by atoms with E-state index in [-0.39, 0.29) is 0 Å². The van der Waals surface area contributed by atoms with Gasteiger partial charge in [-0.05, 0) is 120 Å². The summed E-state index contributed by atoms with van der Waals surface area (Å²) in [5, 5.41) is 12.1. The minimum atomic E-state index is 0.890. The standard InChI is InChI=1S/C58H37NO/c1-2-13-43-36-44(21-20-38(43)10-1)39-22-29-46(30-23-39)59(47-31-24-42(25-32-47)49-17-9-18-52-48-14-5-3-11-40(48)26-33-53(49)52)56-19-8-7-15-50(56)45-28-35-57-55(37-45)54-34-27-41-12-4-6-16-51(41)58(54)60-57/h1-37H. The van der Waals surface area contributed by atoms with Crippen molar-refractivity contribution in [3.8, 4) is 33.4 Å². The molecule has 0 unspecified atom stereocenters. The first-order valence-corrected chi connectivity index (χ1v) is 20.6. The van der Waals surface area contributed by atoms with E-state index in [0.29, 0.717) is 0 Å². The number of hydrogen-bond donors (Lipinski definition) is 0. The fourth-order valence-electron chi connectivity index (χ4n) is 9.27. The molecular weight excluding hydrogens is 727 g/mol. The molecule has 0 spiro atoms. The van der Waals surface area contributed by atoms with Crippen LogP contribution in [0.3, 0.4) is 0 Å². The Labute approximate surface area is 347 Å². The number of para-hydroxylation sites is 1. The lowest BCUT2D eigenvalue weighted by Gasteiger charge is -2.28. The zero-order valence-corrected chi connectivity index (χ0v) is 32.7. The molecule has 0 aliphatic carbocycles. The van der Waals surface area contributed by atoms with E-state index in [1.165, 1.54) is 60.0 Å². The molecule has 0 aliphatic rings. The minimum Gasteiger partial charge on any atom is -0.455 e. The third kappa shape index (κ3) is 5.65. The maximum Gasteiger partial charge on any atom is 0.143 e. The van der Waals surface area contributed by atoms with Gasteiger partial charge in [-0.15, -0.1) is 0 Å². The van der Waals surface area contributed by atoms with Gasteiger partial charge in [0.15, 0.2) is 0 Å². The summed E-state index contributed by atoms with van der Waals surface area (Å²) < 4.78 is 6.53. The molecule has 12 rings (SSSR count). The second-order valence-electron chi connectivity index (χ2n) is 15.7. The normalized spacial score (nSPS) is 11.7. The highest BCUT2D eigenvalue weighted by Gasteiger charge is 2.19. The predicted octanol–water partition coefficient (Wildman–Crippen LogP) is 16.7. The highest BCUT2D eigenvalue weighted by molar-refractivity contribution is 6.16. The zero-order valence-electron chi connectivity index (χ0n) is 32.7. The smallest absolute Gasteiger partial charge is 0.143 e. The van der Waals surface area contributed by atoms with Gasteiger partial charge in [-0.3, -0.25) is 0 Å². The van der Waals surface area contributed by atoms with Crippen LogP contribution < -0.4 is 4.90 Å². The van der Waals surface area contributed by atoms with Crippen LogP contribution in [0.15, 0.2) is 229 Å². The molecule has 1 aromatic heterocycles. The van der Waals surface area contributed by atoms with Crippen LogP contribution in [0.25, 0.3) is 98.4 Å². The van der Waals surface area contributed by atoms with Crippen LogP contribution in [-0.4, -0.2) is 0 Å². The largest absolute Gasteiger partial charge is 0.455 e. The van der Waals surface area contributed by atoms with E-state index < -0.39 is 0 Å². The molecule has 0 saturated heterocycles. The molecule has 11 aromatic carbocycles. The average Bonchev–Trinajstić information content (AvgIpc) is 3.70. The Bertz CT molecular complexity index is 3600. The van der Waals surface area contributed by atoms with Crippen molar-refractivity contribution in [1.82, 2.24) is 0 Å². The molecule has 0 atom stereocenters. The Balaban J connectivity index is 0.996. The van der Waals surface area contributed by atoms with Gasteiger partial charge in [0.2, 0.25) is 0 Å². The highest BCUT2D eigenvalue weighted by atomic mass is 16.3. The Morgan fingerprint density at radius 3 is 1.65 bits per heavy atom. The van der Waals surface area contributed by atoms with E-state index in [4.69, 9.17) is 4.42 Å². The summed E-state index contributed by atoms with van der Waals surface area (Å²) in [6.07, 6.45) is 0. The van der Waals surface area contributed by atoms with Crippen LogP contribution in [0.5, 0.6) is 0 Å². The number of rotatable bonds is 6. The van der Waals surface area contributed by atoms with Crippen LogP contribution in [-0.2, 0) is 0 Å². The van der Waals surface area contributed by atoms with Crippen molar-refractivity contribution in [1.29, 1.82) is 0 Å². The van der Waals surface area contributed by atoms with E-state index in [2.05, 4.69) is 229 Å². The summed E-state index contributed by atoms with van der Waals surface area (Å²) in [5.74, 6) is 0. The van der Waals surface area contributed by atoms with Gasteiger partial charge >= 0.3 is 0 Å². The van der Waals surface area contributed by atoms with Crippen molar-refractivity contribution in [3.63, 3.8) is 0 Å². The molecule has 0 N–H and O–H groups in total. The van der Waals surface area contributed by atoms with Crippen molar-refractivity contribution >= 4 is 82.1 Å². The molecule has 0 bridgehead atoms. The van der Waals surface area contributed by atoms with Gasteiger partial charge in [0.05, 0.1) is 5.69 Å². The molecule has 60 heavy (non-hydrogen) atoms. The van der Waals surface area contributed by atoms with E-state index in [9.17, 15) is 0 Å². The maximum absolute atomic E-state index is 6.53. The van der Waals surface area contributed by atoms with Gasteiger partial charge in [0.1, 0.15) is 11.2 Å². The Hall–Kier alpha value is -7.94. The first kappa shape index (κ1) is 34.1. The van der Waals surface area contributed by atoms with Gasteiger partial charge in [-0.1, -0.05) is 170 Å². The van der Waals surface area contributed by atoms with Gasteiger partial charge in [-0.2, -0.15) is 0 Å². The van der Waals surface area contributed by atoms with Crippen molar-refractivity contribution in [2.75, 3.05) is 4.90 Å². The van der Waals surface area contributed by atoms with Crippen molar-refractivity contribution in [2.24, 2.45) is 0 Å². The number of nitrogens with zero attached hydrogens (tertiary/aromatic N) is 1. The molecule has 12 aromatic rings. The first-order chi connectivity index (χ1) is 29.7. The molecule has 0 radical (unpaired) electrons. The van der Waals surface area contributed by atoms with Gasteiger partial charge in [0.25, 0.3) is 0 Å². The lowest BCUT2D eigenvalue weighted by atomic mass is 9.94. The van der Waals surface area contributed by atoms with Crippen LogP contribution >= 0.6 is 0 Å². The van der Waals surface area contributed by atoms with Gasteiger partial charge in [0, 0.05) is 33.1 Å². The van der Waals surface area contributed by atoms with Crippen molar-refractivity contribution in [3.05, 3.63) is 224 Å². The SMILES string of the molecule is c1ccc(N(c2ccc(-c3ccc4ccccc4c3)cc2)c2ccc(-c3cccc4c3ccc3ccccc34)cc2)c(-c2ccc3oc4c5ccccc5ccc4c3c2)c1. The van der Waals surface area contributed by atoms with Crippen LogP contribution in [0, 0.1) is 0 Å². The van der Waals surface area contributed by atoms with E-state index in [1.807, 2.05) is 0 Å². The lowest BCUT2D eigenvalue weighted by molar-refractivity contribution is 0.672. The number of benzene rings is 11. The van der Waals surface area contributed by atoms with Crippen molar-refractivity contribution < 1.29 is 4.42 Å². The maximum atomic E-state index is 6.53. The fraction of sp³-hybridized carbons (Fsp3) is 0. The monoisotopic (exact) mass is 763 g/mol. The molecule has 2 heteroatoms. The fourth-order valence-corrected chi connectivity index (χ4v) is 9.27. The van der Waals surface area contributed by atoms with Gasteiger partial charge in [-0.25, -0.2) is 0 Å². The summed E-state index contributed by atoms with van der Waals surface area (Å²) in [5.41, 5.74) is 12.1. The number of anilines is 3. The minimum absolute atomic E-state index is 0.890. The van der Waals surface area contributed by atoms with Gasteiger partial charge < -0.3 is 9.32 Å². The molecule has 280 valence electrons. The summed E-state index contributed by atoms with van der Waals surface area (Å²) in [6, 6.07) is 81.3. The highest BCUT2D eigenvalue weighted by Crippen LogP contribution is 2.44. The van der Waals surface area contributed by atoms with E-state index in [1.54, 1.807) is 0 Å². The van der Waals surface area contributed by atoms with Crippen LogP contribution in [0.4, 0.5) is 17.1 Å². The van der Waals surface area contributed by atoms with Crippen LogP contribution in [0.2, 0.25) is 0 Å². The summed E-state index contributed by atoms with van der Waals surface area (Å²) >= 11 is 0. The number of hydrogen-bond acceptors (Lipinski definition) is 2. The molecule has 0 amide bonds. The van der Waals surface area contributed by atoms with Crippen LogP contribution in [0.1, 0.15) is 0 Å². The molecule has 0 aliphatic heterocycles. The van der Waals surface area contributed by atoms with E-state index >= 15 is 0 Å². The third-order valence-corrected chi connectivity index (χ3v) is 12.2. The quantitative estimate of drug-likeness (QED) is 0.157. The molecule has 0 saturated carbocycles. The third-order valence-electron chi connectivity index (χ3n) is 12.2. The summed E-state index contributed by atoms with van der Waals surface area (Å²) in [4.78, 5) is 2.39. The summed E-state index contributed by atoms with van der Waals surface area (Å²) in [6.45, 7) is 0. The second-order valence-corrected chi connectivity index (χ2v) is 15.7. The predicted molar refractivity (Wildman–Crippen MR) is 255 cm³/mol. The Morgan fingerprint density at radius 1 is 0.283 bits per heavy atom. The second kappa shape index (κ2) is 13.9. The summed E-state index contributed by atoms with van der Waals surface area (Å²) in [7, 11) is 0. The molecular formula is C58H37NO. The Kier molecular flexibility index (Phi) is 7.89. The average molecular weight is 764 g/mol. The molecule has 0 fully saturated rings. The Morgan fingerprint density at radius 2 is 0.850 bits per heavy atom. The molecule has 2 nitrogen and oxygen atoms in total. The zero-order chi connectivity index (χ0) is 39.6. The number of fused-ring (bicyclic) bond motifs is 9. The molecule has 1 heterocycles. The number of furan rings is 1. The van der Waals surface area contributed by atoms with E-state index in [0.717, 1.165) is 55.5 Å². The topological polar surface area (TPSA) is 16.4 Å².